The molecule has 11 heteroatoms. The molecule has 0 bridgehead atoms. The quantitative estimate of drug-likeness (QED) is 0.187. The molecule has 0 aromatic carbocycles. The molecule has 10 nitrogen and oxygen atoms in total. The molecule has 38 heavy (non-hydrogen) atoms. The van der Waals surface area contributed by atoms with Crippen LogP contribution in [-0.4, -0.2) is 62.0 Å². The van der Waals surface area contributed by atoms with Gasteiger partial charge in [0.1, 0.15) is 11.9 Å². The fourth-order valence-corrected chi connectivity index (χ4v) is 4.86. The van der Waals surface area contributed by atoms with Gasteiger partial charge in [-0.15, -0.1) is 0 Å². The van der Waals surface area contributed by atoms with Crippen molar-refractivity contribution in [1.82, 2.24) is 0 Å². The van der Waals surface area contributed by atoms with E-state index in [1.54, 1.807) is 0 Å². The average molecular weight is 656 g/mol. The van der Waals surface area contributed by atoms with Crippen LogP contribution in [0.15, 0.2) is 0 Å². The van der Waals surface area contributed by atoms with E-state index in [1.165, 1.54) is 27.2 Å². The Balaban J connectivity index is 0. The lowest BCUT2D eigenvalue weighted by atomic mass is 9.87. The van der Waals surface area contributed by atoms with Gasteiger partial charge in [-0.2, -0.15) is 0 Å². The first-order chi connectivity index (χ1) is 17.2. The second-order valence-electron chi connectivity index (χ2n) is 9.97. The number of Topliss-reactive ketones (excluding diaryl/α,β-unsaturated/α-hetero) is 3. The molecular weight excluding hydrogens is 611 g/mol. The van der Waals surface area contributed by atoms with Gasteiger partial charge in [0.15, 0.2) is 17.7 Å². The standard InChI is InChI=1S/C9H14O3.C7H11IO.C7H12O2.C4H6O3.H2O/c1-6-4-3-5-8(11)9(6)12-7(2)10;1-5-3-2-4-6(9)7(5)8;1-5-3-2-4-6(8)7(5)9;1-3(5)7-4(2)6;/h6,9H,3-5H2,1-2H3;5,7H,2-4H2,1H3;5,7,9H,2-4H2,1H3;1-2H3;1H2/p-1. The van der Waals surface area contributed by atoms with Gasteiger partial charge >= 0.3 is 17.9 Å². The number of alkyl halides is 1. The van der Waals surface area contributed by atoms with E-state index < -0.39 is 24.1 Å². The summed E-state index contributed by atoms with van der Waals surface area (Å²) in [5.74, 6) is 0.0578. The van der Waals surface area contributed by atoms with Gasteiger partial charge in [0.2, 0.25) is 0 Å². The number of hydrogen-bond acceptors (Lipinski definition) is 10. The summed E-state index contributed by atoms with van der Waals surface area (Å²) in [6.45, 7) is 9.73. The van der Waals surface area contributed by atoms with Gasteiger partial charge < -0.3 is 20.1 Å². The molecule has 0 amide bonds. The van der Waals surface area contributed by atoms with E-state index in [0.29, 0.717) is 28.5 Å². The van der Waals surface area contributed by atoms with Crippen LogP contribution in [0, 0.1) is 17.8 Å². The number of hydrogen-bond donors (Lipinski definition) is 1. The summed E-state index contributed by atoms with van der Waals surface area (Å²) >= 11 is 2.26. The van der Waals surface area contributed by atoms with Crippen LogP contribution < -0.4 is 0 Å². The average Bonchev–Trinajstić information content (AvgIpc) is 2.78. The van der Waals surface area contributed by atoms with Gasteiger partial charge in [0.05, 0.1) is 3.92 Å². The molecule has 220 valence electrons. The SMILES string of the molecule is CC(=O)OC(C)=O.CC(=O)OC1C(=O)CCCC1C.CC1CCCC(=O)C1I.CC1CCCC(=O)C1O.[OH-]. The van der Waals surface area contributed by atoms with Crippen molar-refractivity contribution in [1.29, 1.82) is 0 Å². The van der Waals surface area contributed by atoms with Crippen molar-refractivity contribution < 1.29 is 48.8 Å². The zero-order valence-electron chi connectivity index (χ0n) is 23.4. The second kappa shape index (κ2) is 20.2. The third kappa shape index (κ3) is 16.3. The number of halogens is 1. The van der Waals surface area contributed by atoms with Gasteiger partial charge in [0.25, 0.3) is 0 Å². The molecule has 2 N–H and O–H groups in total. The third-order valence-corrected chi connectivity index (χ3v) is 8.26. The van der Waals surface area contributed by atoms with Crippen LogP contribution in [0.3, 0.4) is 0 Å². The Morgan fingerprint density at radius 2 is 1.13 bits per heavy atom. The Morgan fingerprint density at radius 1 is 0.711 bits per heavy atom. The van der Waals surface area contributed by atoms with Gasteiger partial charge in [-0.1, -0.05) is 43.4 Å². The first-order valence-electron chi connectivity index (χ1n) is 12.9. The van der Waals surface area contributed by atoms with Crippen LogP contribution >= 0.6 is 22.6 Å². The Morgan fingerprint density at radius 3 is 1.45 bits per heavy atom. The molecule has 6 unspecified atom stereocenters. The minimum atomic E-state index is -0.668. The van der Waals surface area contributed by atoms with Gasteiger partial charge in [-0.3, -0.25) is 28.8 Å². The summed E-state index contributed by atoms with van der Waals surface area (Å²) in [7, 11) is 0. The predicted octanol–water partition coefficient (Wildman–Crippen LogP) is 4.14. The van der Waals surface area contributed by atoms with E-state index in [-0.39, 0.29) is 34.8 Å². The number of rotatable bonds is 1. The smallest absolute Gasteiger partial charge is 0.310 e. The van der Waals surface area contributed by atoms with E-state index >= 15 is 0 Å². The Labute approximate surface area is 239 Å². The highest BCUT2D eigenvalue weighted by atomic mass is 127. The lowest BCUT2D eigenvalue weighted by Crippen LogP contribution is -2.35. The van der Waals surface area contributed by atoms with Crippen LogP contribution in [0.4, 0.5) is 0 Å². The minimum Gasteiger partial charge on any atom is -0.870 e. The summed E-state index contributed by atoms with van der Waals surface area (Å²) in [5.41, 5.74) is 0. The molecule has 3 rings (SSSR count). The number of carbonyl (C=O) groups is 6. The zero-order chi connectivity index (χ0) is 28.7. The lowest BCUT2D eigenvalue weighted by molar-refractivity contribution is -0.158. The van der Waals surface area contributed by atoms with Crippen LogP contribution in [0.5, 0.6) is 0 Å². The number of esters is 3. The number of aliphatic hydroxyl groups is 1. The maximum Gasteiger partial charge on any atom is 0.310 e. The molecule has 0 radical (unpaired) electrons. The lowest BCUT2D eigenvalue weighted by Gasteiger charge is -2.26. The number of ketones is 3. The molecule has 0 spiro atoms. The normalized spacial score (nSPS) is 28.4. The summed E-state index contributed by atoms with van der Waals surface area (Å²) in [4.78, 5) is 63.3. The highest BCUT2D eigenvalue weighted by Gasteiger charge is 2.31. The van der Waals surface area contributed by atoms with E-state index in [4.69, 9.17) is 9.84 Å². The van der Waals surface area contributed by atoms with Crippen LogP contribution in [0.1, 0.15) is 99.3 Å². The van der Waals surface area contributed by atoms with E-state index in [9.17, 15) is 28.8 Å². The minimum absolute atomic E-state index is 0. The summed E-state index contributed by atoms with van der Waals surface area (Å²) in [5, 5.41) is 9.10. The van der Waals surface area contributed by atoms with Crippen molar-refractivity contribution in [2.45, 2.75) is 115 Å². The zero-order valence-corrected chi connectivity index (χ0v) is 25.5. The van der Waals surface area contributed by atoms with Crippen molar-refractivity contribution in [3.8, 4) is 0 Å². The van der Waals surface area contributed by atoms with Gasteiger partial charge in [0, 0.05) is 46.0 Å². The molecule has 6 atom stereocenters. The van der Waals surface area contributed by atoms with E-state index in [1.807, 2.05) is 13.8 Å². The van der Waals surface area contributed by atoms with Crippen molar-refractivity contribution in [2.75, 3.05) is 0 Å². The molecule has 0 aromatic heterocycles. The van der Waals surface area contributed by atoms with E-state index in [0.717, 1.165) is 38.5 Å². The molecule has 0 saturated heterocycles. The maximum absolute atomic E-state index is 11.3. The highest BCUT2D eigenvalue weighted by molar-refractivity contribution is 14.1. The predicted molar refractivity (Wildman–Crippen MR) is 148 cm³/mol. The number of carbonyl (C=O) groups excluding carboxylic acids is 6. The summed E-state index contributed by atoms with van der Waals surface area (Å²) in [6, 6.07) is 0. The molecule has 3 saturated carbocycles. The molecule has 3 fully saturated rings. The largest absolute Gasteiger partial charge is 0.870 e. The Hall–Kier alpha value is -1.73. The maximum atomic E-state index is 11.3. The summed E-state index contributed by atoms with van der Waals surface area (Å²) < 4.78 is 9.20. The van der Waals surface area contributed by atoms with Crippen molar-refractivity contribution in [2.24, 2.45) is 17.8 Å². The Bertz CT molecular complexity index is 755. The molecule has 0 aromatic rings. The molecule has 0 heterocycles. The summed E-state index contributed by atoms with van der Waals surface area (Å²) in [6.07, 6.45) is 7.01. The fraction of sp³-hybridized carbons (Fsp3) is 0.778. The van der Waals surface area contributed by atoms with Gasteiger partial charge in [-0.25, -0.2) is 0 Å². The first-order valence-corrected chi connectivity index (χ1v) is 14.2. The van der Waals surface area contributed by atoms with Gasteiger partial charge in [-0.05, 0) is 50.4 Å². The highest BCUT2D eigenvalue weighted by Crippen LogP contribution is 2.27. The van der Waals surface area contributed by atoms with E-state index in [2.05, 4.69) is 34.3 Å². The van der Waals surface area contributed by atoms with Crippen molar-refractivity contribution in [3.63, 3.8) is 0 Å². The first kappa shape index (κ1) is 38.4. The second-order valence-corrected chi connectivity index (χ2v) is 11.3. The number of aliphatic hydroxyl groups excluding tert-OH is 1. The molecule has 3 aliphatic carbocycles. The van der Waals surface area contributed by atoms with Crippen LogP contribution in [-0.2, 0) is 38.2 Å². The fourth-order valence-electron chi connectivity index (χ4n) is 4.19. The molecule has 0 aliphatic heterocycles. The Kier molecular flexibility index (Phi) is 20.4. The molecular formula is C27H44IO10-. The van der Waals surface area contributed by atoms with Crippen molar-refractivity contribution >= 4 is 57.8 Å². The van der Waals surface area contributed by atoms with Crippen LogP contribution in [0.25, 0.3) is 0 Å². The topological polar surface area (TPSA) is 171 Å². The third-order valence-electron chi connectivity index (χ3n) is 6.34. The monoisotopic (exact) mass is 655 g/mol. The van der Waals surface area contributed by atoms with Crippen molar-refractivity contribution in [3.05, 3.63) is 0 Å². The molecule has 3 aliphatic rings. The number of ether oxygens (including phenoxy) is 2. The van der Waals surface area contributed by atoms with Crippen LogP contribution in [0.2, 0.25) is 0 Å².